The van der Waals surface area contributed by atoms with Gasteiger partial charge < -0.3 is 5.11 Å². The van der Waals surface area contributed by atoms with Crippen molar-refractivity contribution in [1.29, 1.82) is 0 Å². The van der Waals surface area contributed by atoms with Crippen LogP contribution in [0.15, 0.2) is 47.6 Å². The van der Waals surface area contributed by atoms with Crippen LogP contribution in [-0.4, -0.2) is 28.8 Å². The molecule has 0 bridgehead atoms. The maximum absolute atomic E-state index is 12.9. The highest BCUT2D eigenvalue weighted by atomic mass is 19.1. The van der Waals surface area contributed by atoms with Crippen molar-refractivity contribution in [2.24, 2.45) is 5.10 Å². The number of rotatable bonds is 7. The fraction of sp³-hybridized carbons (Fsp3) is 0.316. The standard InChI is InChI=1S/C19H24FN3O/c1-4-23(5-2)13-16-12-15(6-11-19(16)24)14(3)21-22-18-9-7-17(20)8-10-18/h6-12,22,24H,4-5,13H2,1-3H3/b21-14+. The minimum atomic E-state index is -0.277. The molecule has 2 aromatic carbocycles. The third-order valence-corrected chi connectivity index (χ3v) is 3.98. The van der Waals surface area contributed by atoms with E-state index in [9.17, 15) is 9.50 Å². The smallest absolute Gasteiger partial charge is 0.123 e. The lowest BCUT2D eigenvalue weighted by Crippen LogP contribution is -2.22. The maximum atomic E-state index is 12.9. The Labute approximate surface area is 142 Å². The molecule has 0 aliphatic heterocycles. The first-order chi connectivity index (χ1) is 11.5. The zero-order chi connectivity index (χ0) is 17.5. The van der Waals surface area contributed by atoms with Gasteiger partial charge in [0.05, 0.1) is 11.4 Å². The lowest BCUT2D eigenvalue weighted by Gasteiger charge is -2.19. The van der Waals surface area contributed by atoms with Crippen LogP contribution in [0.4, 0.5) is 10.1 Å². The Hall–Kier alpha value is -2.40. The highest BCUT2D eigenvalue weighted by Gasteiger charge is 2.08. The molecule has 2 aromatic rings. The summed E-state index contributed by atoms with van der Waals surface area (Å²) in [6.45, 7) is 8.65. The second kappa shape index (κ2) is 8.45. The minimum Gasteiger partial charge on any atom is -0.508 e. The highest BCUT2D eigenvalue weighted by molar-refractivity contribution is 5.99. The average Bonchev–Trinajstić information content (AvgIpc) is 2.60. The molecule has 0 aliphatic carbocycles. The summed E-state index contributed by atoms with van der Waals surface area (Å²) in [6, 6.07) is 11.5. The fourth-order valence-corrected chi connectivity index (χ4v) is 2.36. The van der Waals surface area contributed by atoms with Crippen molar-refractivity contribution < 1.29 is 9.50 Å². The van der Waals surface area contributed by atoms with Crippen LogP contribution >= 0.6 is 0 Å². The van der Waals surface area contributed by atoms with Gasteiger partial charge in [0, 0.05) is 12.1 Å². The Balaban J connectivity index is 2.15. The van der Waals surface area contributed by atoms with Gasteiger partial charge in [0.25, 0.3) is 0 Å². The molecule has 0 amide bonds. The van der Waals surface area contributed by atoms with Crippen LogP contribution in [0.1, 0.15) is 31.9 Å². The molecule has 2 N–H and O–H groups in total. The number of hydrazone groups is 1. The summed E-state index contributed by atoms with van der Waals surface area (Å²) in [5.41, 5.74) is 6.24. The summed E-state index contributed by atoms with van der Waals surface area (Å²) in [6.07, 6.45) is 0. The molecule has 128 valence electrons. The molecule has 0 saturated heterocycles. The van der Waals surface area contributed by atoms with Crippen LogP contribution in [-0.2, 0) is 6.54 Å². The summed E-state index contributed by atoms with van der Waals surface area (Å²) < 4.78 is 12.9. The monoisotopic (exact) mass is 329 g/mol. The van der Waals surface area contributed by atoms with Crippen molar-refractivity contribution >= 4 is 11.4 Å². The molecule has 0 atom stereocenters. The first kappa shape index (κ1) is 17.9. The lowest BCUT2D eigenvalue weighted by molar-refractivity contribution is 0.291. The zero-order valence-corrected chi connectivity index (χ0v) is 14.4. The van der Waals surface area contributed by atoms with Crippen LogP contribution in [0.2, 0.25) is 0 Å². The van der Waals surface area contributed by atoms with Gasteiger partial charge in [0.2, 0.25) is 0 Å². The number of aromatic hydroxyl groups is 1. The zero-order valence-electron chi connectivity index (χ0n) is 14.4. The van der Waals surface area contributed by atoms with Gasteiger partial charge in [-0.05, 0) is 68.0 Å². The van der Waals surface area contributed by atoms with E-state index in [0.29, 0.717) is 12.3 Å². The van der Waals surface area contributed by atoms with E-state index >= 15 is 0 Å². The number of hydrogen-bond donors (Lipinski definition) is 2. The molecule has 24 heavy (non-hydrogen) atoms. The molecular formula is C19H24FN3O. The average molecular weight is 329 g/mol. The van der Waals surface area contributed by atoms with E-state index in [1.54, 1.807) is 18.2 Å². The Bertz CT molecular complexity index is 694. The maximum Gasteiger partial charge on any atom is 0.123 e. The largest absolute Gasteiger partial charge is 0.508 e. The summed E-state index contributed by atoms with van der Waals surface area (Å²) >= 11 is 0. The van der Waals surface area contributed by atoms with Crippen molar-refractivity contribution in [1.82, 2.24) is 4.90 Å². The van der Waals surface area contributed by atoms with Gasteiger partial charge in [-0.3, -0.25) is 10.3 Å². The van der Waals surface area contributed by atoms with Crippen molar-refractivity contribution in [3.8, 4) is 5.75 Å². The van der Waals surface area contributed by atoms with Crippen molar-refractivity contribution in [2.45, 2.75) is 27.3 Å². The van der Waals surface area contributed by atoms with Crippen LogP contribution in [0.3, 0.4) is 0 Å². The van der Waals surface area contributed by atoms with E-state index in [-0.39, 0.29) is 5.82 Å². The number of hydrogen-bond acceptors (Lipinski definition) is 4. The number of phenols is 1. The van der Waals surface area contributed by atoms with Crippen LogP contribution in [0.5, 0.6) is 5.75 Å². The molecule has 0 heterocycles. The molecule has 5 heteroatoms. The fourth-order valence-electron chi connectivity index (χ4n) is 2.36. The van der Waals surface area contributed by atoms with Gasteiger partial charge >= 0.3 is 0 Å². The van der Waals surface area contributed by atoms with Gasteiger partial charge in [0.1, 0.15) is 11.6 Å². The molecule has 4 nitrogen and oxygen atoms in total. The van der Waals surface area contributed by atoms with E-state index < -0.39 is 0 Å². The summed E-state index contributed by atoms with van der Waals surface area (Å²) in [4.78, 5) is 2.24. The molecule has 0 saturated carbocycles. The van der Waals surface area contributed by atoms with Crippen molar-refractivity contribution in [3.63, 3.8) is 0 Å². The molecule has 0 fully saturated rings. The Morgan fingerprint density at radius 3 is 2.42 bits per heavy atom. The van der Waals surface area contributed by atoms with Crippen LogP contribution < -0.4 is 5.43 Å². The van der Waals surface area contributed by atoms with Crippen LogP contribution in [0.25, 0.3) is 0 Å². The second-order valence-corrected chi connectivity index (χ2v) is 5.62. The van der Waals surface area contributed by atoms with Gasteiger partial charge in [-0.15, -0.1) is 0 Å². The first-order valence-electron chi connectivity index (χ1n) is 8.14. The molecule has 0 aliphatic rings. The SMILES string of the molecule is CCN(CC)Cc1cc(/C(C)=N/Nc2ccc(F)cc2)ccc1O. The number of nitrogens with one attached hydrogen (secondary N) is 1. The molecule has 0 unspecified atom stereocenters. The number of benzene rings is 2. The van der Waals surface area contributed by atoms with E-state index in [1.165, 1.54) is 12.1 Å². The van der Waals surface area contributed by atoms with E-state index in [4.69, 9.17) is 0 Å². The Morgan fingerprint density at radius 1 is 1.12 bits per heavy atom. The molecule has 0 aromatic heterocycles. The molecular weight excluding hydrogens is 305 g/mol. The topological polar surface area (TPSA) is 47.9 Å². The van der Waals surface area contributed by atoms with Crippen molar-refractivity contribution in [2.75, 3.05) is 18.5 Å². The third-order valence-electron chi connectivity index (χ3n) is 3.98. The minimum absolute atomic E-state index is 0.277. The third kappa shape index (κ3) is 4.80. The normalized spacial score (nSPS) is 11.8. The van der Waals surface area contributed by atoms with E-state index in [2.05, 4.69) is 29.3 Å². The van der Waals surface area contributed by atoms with Gasteiger partial charge in [-0.25, -0.2) is 4.39 Å². The predicted molar refractivity (Wildman–Crippen MR) is 97.0 cm³/mol. The summed E-state index contributed by atoms with van der Waals surface area (Å²) in [5, 5.41) is 14.4. The molecule has 0 radical (unpaired) electrons. The van der Waals surface area contributed by atoms with E-state index in [0.717, 1.165) is 35.6 Å². The molecule has 2 rings (SSSR count). The second-order valence-electron chi connectivity index (χ2n) is 5.62. The Kier molecular flexibility index (Phi) is 6.32. The number of halogens is 1. The predicted octanol–water partition coefficient (Wildman–Crippen LogP) is 4.21. The first-order valence-corrected chi connectivity index (χ1v) is 8.14. The summed E-state index contributed by atoms with van der Waals surface area (Å²) in [5.74, 6) is 0.0192. The van der Waals surface area contributed by atoms with Gasteiger partial charge in [0.15, 0.2) is 0 Å². The number of anilines is 1. The number of nitrogens with zero attached hydrogens (tertiary/aromatic N) is 2. The number of phenolic OH excluding ortho intramolecular Hbond substituents is 1. The quantitative estimate of drug-likeness (QED) is 0.591. The molecule has 0 spiro atoms. The highest BCUT2D eigenvalue weighted by Crippen LogP contribution is 2.21. The summed E-state index contributed by atoms with van der Waals surface area (Å²) in [7, 11) is 0. The van der Waals surface area contributed by atoms with Crippen LogP contribution in [0, 0.1) is 5.82 Å². The van der Waals surface area contributed by atoms with Crippen molar-refractivity contribution in [3.05, 3.63) is 59.4 Å². The Morgan fingerprint density at radius 2 is 1.79 bits per heavy atom. The van der Waals surface area contributed by atoms with Gasteiger partial charge in [-0.2, -0.15) is 5.10 Å². The van der Waals surface area contributed by atoms with E-state index in [1.807, 2.05) is 19.1 Å². The lowest BCUT2D eigenvalue weighted by atomic mass is 10.1. The van der Waals surface area contributed by atoms with Gasteiger partial charge in [-0.1, -0.05) is 13.8 Å².